The zero-order chi connectivity index (χ0) is 22.7. The van der Waals surface area contributed by atoms with Gasteiger partial charge in [0.15, 0.2) is 0 Å². The van der Waals surface area contributed by atoms with Gasteiger partial charge in [-0.3, -0.25) is 4.98 Å². The number of benzene rings is 1. The van der Waals surface area contributed by atoms with Crippen LogP contribution in [0, 0.1) is 17.8 Å². The van der Waals surface area contributed by atoms with Crippen LogP contribution in [0.25, 0.3) is 16.8 Å². The van der Waals surface area contributed by atoms with E-state index in [0.717, 1.165) is 28.8 Å². The number of aryl methyl sites for hydroxylation is 1. The molecular formula is C28H38BN. The van der Waals surface area contributed by atoms with Gasteiger partial charge in [0.2, 0.25) is 0 Å². The maximum atomic E-state index is 4.72. The third kappa shape index (κ3) is 6.32. The minimum Gasteiger partial charge on any atom is -0.256 e. The first-order valence-electron chi connectivity index (χ1n) is 10.9. The molecule has 0 N–H and O–H groups in total. The molecule has 0 fully saturated rings. The Labute approximate surface area is 185 Å². The largest absolute Gasteiger partial charge is 0.256 e. The van der Waals surface area contributed by atoms with E-state index in [9.17, 15) is 0 Å². The Hall–Kier alpha value is -2.35. The van der Waals surface area contributed by atoms with Crippen LogP contribution >= 0.6 is 0 Å². The smallest absolute Gasteiger partial charge is 0.139 e. The summed E-state index contributed by atoms with van der Waals surface area (Å²) in [6.07, 6.45) is 7.50. The van der Waals surface area contributed by atoms with E-state index >= 15 is 0 Å². The normalized spacial score (nSPS) is 13.5. The number of hydrogen-bond donors (Lipinski definition) is 0. The summed E-state index contributed by atoms with van der Waals surface area (Å²) in [6.45, 7) is 22.4. The first kappa shape index (κ1) is 23.9. The van der Waals surface area contributed by atoms with Crippen molar-refractivity contribution in [3.63, 3.8) is 0 Å². The molecule has 0 amide bonds. The molecule has 2 heteroatoms. The van der Waals surface area contributed by atoms with Crippen molar-refractivity contribution in [1.82, 2.24) is 4.98 Å². The number of rotatable bonds is 5. The van der Waals surface area contributed by atoms with Crippen LogP contribution < -0.4 is 5.46 Å². The average molecular weight is 399 g/mol. The molecular weight excluding hydrogens is 361 g/mol. The number of aromatic nitrogens is 1. The van der Waals surface area contributed by atoms with Crippen LogP contribution in [0.5, 0.6) is 0 Å². The number of hydrogen-bond acceptors (Lipinski definition) is 1. The van der Waals surface area contributed by atoms with Crippen molar-refractivity contribution < 1.29 is 0 Å². The fourth-order valence-corrected chi connectivity index (χ4v) is 3.18. The highest BCUT2D eigenvalue weighted by Crippen LogP contribution is 2.33. The van der Waals surface area contributed by atoms with Crippen LogP contribution in [0.4, 0.5) is 0 Å². The van der Waals surface area contributed by atoms with Crippen LogP contribution in [-0.2, 0) is 0 Å². The van der Waals surface area contributed by atoms with Gasteiger partial charge in [-0.25, -0.2) is 0 Å². The molecule has 1 nitrogen and oxygen atoms in total. The lowest BCUT2D eigenvalue weighted by atomic mass is 9.80. The van der Waals surface area contributed by atoms with Gasteiger partial charge in [0.1, 0.15) is 7.85 Å². The molecule has 0 spiro atoms. The van der Waals surface area contributed by atoms with Crippen molar-refractivity contribution in [2.75, 3.05) is 0 Å². The van der Waals surface area contributed by atoms with Gasteiger partial charge in [-0.15, -0.1) is 0 Å². The highest BCUT2D eigenvalue weighted by molar-refractivity contribution is 6.32. The van der Waals surface area contributed by atoms with E-state index < -0.39 is 0 Å². The van der Waals surface area contributed by atoms with E-state index in [4.69, 9.17) is 4.98 Å². The first-order valence-corrected chi connectivity index (χ1v) is 10.9. The van der Waals surface area contributed by atoms with Crippen molar-refractivity contribution in [1.29, 1.82) is 0 Å². The number of allylic oxidation sites excluding steroid dienone is 5. The van der Waals surface area contributed by atoms with Crippen molar-refractivity contribution in [3.05, 3.63) is 77.5 Å². The molecule has 0 unspecified atom stereocenters. The molecule has 0 aliphatic heterocycles. The topological polar surface area (TPSA) is 12.9 Å². The molecule has 30 heavy (non-hydrogen) atoms. The SMILES string of the molecule is Bc1ccc(-c2cc(C)c(C(=C)C/C=C(\C=C(/C)C(C)(C)C)C(C)(C)C)cn2)cc1. The van der Waals surface area contributed by atoms with Gasteiger partial charge in [-0.05, 0) is 59.4 Å². The first-order chi connectivity index (χ1) is 13.8. The lowest BCUT2D eigenvalue weighted by Crippen LogP contribution is -2.12. The van der Waals surface area contributed by atoms with E-state index in [1.54, 1.807) is 0 Å². The molecule has 0 aliphatic rings. The molecule has 0 radical (unpaired) electrons. The highest BCUT2D eigenvalue weighted by atomic mass is 14.7. The van der Waals surface area contributed by atoms with Gasteiger partial charge in [0.05, 0.1) is 5.69 Å². The fourth-order valence-electron chi connectivity index (χ4n) is 3.18. The summed E-state index contributed by atoms with van der Waals surface area (Å²) in [5, 5.41) is 0. The highest BCUT2D eigenvalue weighted by Gasteiger charge is 2.19. The molecule has 0 saturated heterocycles. The molecule has 2 aromatic rings. The van der Waals surface area contributed by atoms with Crippen LogP contribution in [-0.4, -0.2) is 12.8 Å². The predicted octanol–water partition coefficient (Wildman–Crippen LogP) is 6.68. The van der Waals surface area contributed by atoms with E-state index in [-0.39, 0.29) is 10.8 Å². The summed E-state index contributed by atoms with van der Waals surface area (Å²) in [4.78, 5) is 4.72. The van der Waals surface area contributed by atoms with Crippen LogP contribution in [0.2, 0.25) is 0 Å². The predicted molar refractivity (Wildman–Crippen MR) is 137 cm³/mol. The summed E-state index contributed by atoms with van der Waals surface area (Å²) in [5.74, 6) is 0. The van der Waals surface area contributed by atoms with Crippen molar-refractivity contribution in [2.45, 2.75) is 61.8 Å². The Balaban J connectivity index is 2.28. The minimum atomic E-state index is 0.0926. The Bertz CT molecular complexity index is 961. The van der Waals surface area contributed by atoms with Gasteiger partial charge >= 0.3 is 0 Å². The average Bonchev–Trinajstić information content (AvgIpc) is 2.63. The lowest BCUT2D eigenvalue weighted by molar-refractivity contribution is 0.489. The van der Waals surface area contributed by atoms with Gasteiger partial charge in [0, 0.05) is 11.8 Å². The molecule has 1 heterocycles. The van der Waals surface area contributed by atoms with E-state index in [2.05, 4.69) is 112 Å². The summed E-state index contributed by atoms with van der Waals surface area (Å²) < 4.78 is 0. The second-order valence-electron chi connectivity index (χ2n) is 10.5. The Morgan fingerprint density at radius 3 is 2.13 bits per heavy atom. The lowest BCUT2D eigenvalue weighted by Gasteiger charge is -2.25. The molecule has 0 atom stereocenters. The van der Waals surface area contributed by atoms with Gasteiger partial charge in [-0.1, -0.05) is 95.6 Å². The monoisotopic (exact) mass is 399 g/mol. The fraction of sp³-hybridized carbons (Fsp3) is 0.393. The molecule has 0 bridgehead atoms. The number of pyridine rings is 1. The maximum absolute atomic E-state index is 4.72. The Morgan fingerprint density at radius 1 is 1.03 bits per heavy atom. The second-order valence-corrected chi connectivity index (χ2v) is 10.5. The molecule has 1 aromatic heterocycles. The van der Waals surface area contributed by atoms with E-state index in [1.807, 2.05) is 6.20 Å². The summed E-state index contributed by atoms with van der Waals surface area (Å²) in [6, 6.07) is 10.7. The Morgan fingerprint density at radius 2 is 1.63 bits per heavy atom. The standard InChI is InChI=1S/C28H38BN/c1-19(10-13-23(28(7,8)9)17-21(3)27(4,5)6)25-18-30-26(16-20(25)2)22-11-14-24(29)15-12-22/h11-18H,1,10,29H2,2-9H3/b21-17+,23-13+. The summed E-state index contributed by atoms with van der Waals surface area (Å²) in [7, 11) is 2.10. The van der Waals surface area contributed by atoms with Gasteiger partial charge in [-0.2, -0.15) is 0 Å². The van der Waals surface area contributed by atoms with Crippen LogP contribution in [0.3, 0.4) is 0 Å². The molecule has 2 rings (SSSR count). The van der Waals surface area contributed by atoms with E-state index in [1.165, 1.54) is 22.2 Å². The Kier molecular flexibility index (Phi) is 7.34. The minimum absolute atomic E-state index is 0.0926. The summed E-state index contributed by atoms with van der Waals surface area (Å²) >= 11 is 0. The van der Waals surface area contributed by atoms with E-state index in [0.29, 0.717) is 0 Å². The number of nitrogens with zero attached hydrogens (tertiary/aromatic N) is 1. The zero-order valence-corrected chi connectivity index (χ0v) is 20.5. The second kappa shape index (κ2) is 9.21. The van der Waals surface area contributed by atoms with Crippen LogP contribution in [0.15, 0.2) is 66.4 Å². The van der Waals surface area contributed by atoms with Crippen molar-refractivity contribution >= 4 is 18.9 Å². The maximum Gasteiger partial charge on any atom is 0.139 e. The van der Waals surface area contributed by atoms with Crippen LogP contribution in [0.1, 0.15) is 66.0 Å². The quantitative estimate of drug-likeness (QED) is 0.403. The molecule has 1 aromatic carbocycles. The third-order valence-corrected chi connectivity index (χ3v) is 5.83. The summed E-state index contributed by atoms with van der Waals surface area (Å²) in [5.41, 5.74) is 9.93. The third-order valence-electron chi connectivity index (χ3n) is 5.83. The van der Waals surface area contributed by atoms with Crippen molar-refractivity contribution in [2.24, 2.45) is 10.8 Å². The molecule has 0 saturated carbocycles. The zero-order valence-electron chi connectivity index (χ0n) is 20.5. The molecule has 158 valence electrons. The molecule has 0 aliphatic carbocycles. The van der Waals surface area contributed by atoms with Crippen molar-refractivity contribution in [3.8, 4) is 11.3 Å². The van der Waals surface area contributed by atoms with Gasteiger partial charge in [0.25, 0.3) is 0 Å². The van der Waals surface area contributed by atoms with Gasteiger partial charge < -0.3 is 0 Å².